The van der Waals surface area contributed by atoms with E-state index in [9.17, 15) is 9.59 Å². The van der Waals surface area contributed by atoms with Crippen molar-refractivity contribution in [2.75, 3.05) is 0 Å². The highest BCUT2D eigenvalue weighted by Crippen LogP contribution is 2.21. The summed E-state index contributed by atoms with van der Waals surface area (Å²) >= 11 is 0. The molecule has 0 saturated heterocycles. The third-order valence-corrected chi connectivity index (χ3v) is 5.42. The van der Waals surface area contributed by atoms with E-state index >= 15 is 0 Å². The number of rotatable bonds is 9. The number of nitrogens with zero attached hydrogens (tertiary/aromatic N) is 2. The van der Waals surface area contributed by atoms with Gasteiger partial charge >= 0.3 is 5.97 Å². The van der Waals surface area contributed by atoms with Crippen LogP contribution < -0.4 is 5.32 Å². The standard InChI is InChI=1S/C27H25N3O3/c31-25(8-2-7-24-14-13-22-6-3-15-28-27(22)30-24)29-18-19-9-11-21(12-10-19)23-5-1-4-20(16-23)17-26(32)33/h1,3-6,9-16H,2,7-8,17-18H2,(H,29,31)(H,32,33). The summed E-state index contributed by atoms with van der Waals surface area (Å²) in [5.41, 5.74) is 5.44. The minimum absolute atomic E-state index is 0.00572. The molecule has 0 saturated carbocycles. The molecule has 2 aromatic heterocycles. The van der Waals surface area contributed by atoms with Crippen LogP contribution in [0.3, 0.4) is 0 Å². The second-order valence-corrected chi connectivity index (χ2v) is 7.95. The molecule has 0 radical (unpaired) electrons. The Bertz CT molecular complexity index is 1270. The first-order valence-electron chi connectivity index (χ1n) is 10.9. The number of nitrogens with one attached hydrogen (secondary N) is 1. The third kappa shape index (κ3) is 6.23. The zero-order valence-electron chi connectivity index (χ0n) is 18.2. The molecule has 4 rings (SSSR count). The van der Waals surface area contributed by atoms with E-state index in [-0.39, 0.29) is 12.3 Å². The highest BCUT2D eigenvalue weighted by molar-refractivity contribution is 5.76. The topological polar surface area (TPSA) is 92.2 Å². The predicted molar refractivity (Wildman–Crippen MR) is 128 cm³/mol. The highest BCUT2D eigenvalue weighted by Gasteiger charge is 2.06. The van der Waals surface area contributed by atoms with Gasteiger partial charge < -0.3 is 10.4 Å². The van der Waals surface area contributed by atoms with Gasteiger partial charge in [-0.05, 0) is 59.4 Å². The maximum Gasteiger partial charge on any atom is 0.307 e. The van der Waals surface area contributed by atoms with Crippen molar-refractivity contribution in [2.24, 2.45) is 0 Å². The van der Waals surface area contributed by atoms with Crippen molar-refractivity contribution in [3.8, 4) is 11.1 Å². The van der Waals surface area contributed by atoms with Gasteiger partial charge in [0.2, 0.25) is 5.91 Å². The van der Waals surface area contributed by atoms with Gasteiger partial charge in [-0.3, -0.25) is 9.59 Å². The first-order chi connectivity index (χ1) is 16.1. The fraction of sp³-hybridized carbons (Fsp3) is 0.185. The molecule has 6 heteroatoms. The molecule has 6 nitrogen and oxygen atoms in total. The normalized spacial score (nSPS) is 10.8. The van der Waals surface area contributed by atoms with E-state index in [1.807, 2.05) is 72.8 Å². The number of amides is 1. The number of aliphatic carboxylic acids is 1. The SMILES string of the molecule is O=C(O)Cc1cccc(-c2ccc(CNC(=O)CCCc3ccc4cccnc4n3)cc2)c1. The molecule has 0 aliphatic heterocycles. The van der Waals surface area contributed by atoms with Gasteiger partial charge in [0.15, 0.2) is 5.65 Å². The minimum Gasteiger partial charge on any atom is -0.481 e. The number of carbonyl (C=O) groups excluding carboxylic acids is 1. The molecule has 0 unspecified atom stereocenters. The van der Waals surface area contributed by atoms with Gasteiger partial charge in [0, 0.05) is 30.2 Å². The second-order valence-electron chi connectivity index (χ2n) is 7.95. The summed E-state index contributed by atoms with van der Waals surface area (Å²) < 4.78 is 0. The van der Waals surface area contributed by atoms with Gasteiger partial charge in [-0.25, -0.2) is 9.97 Å². The largest absolute Gasteiger partial charge is 0.481 e. The molecule has 0 atom stereocenters. The van der Waals surface area contributed by atoms with Gasteiger partial charge in [-0.2, -0.15) is 0 Å². The number of aryl methyl sites for hydroxylation is 1. The molecule has 2 aromatic carbocycles. The lowest BCUT2D eigenvalue weighted by Gasteiger charge is -2.08. The maximum absolute atomic E-state index is 12.2. The number of carbonyl (C=O) groups is 2. The predicted octanol–water partition coefficient (Wildman–Crippen LogP) is 4.56. The lowest BCUT2D eigenvalue weighted by molar-refractivity contribution is -0.136. The number of fused-ring (bicyclic) bond motifs is 1. The molecule has 166 valence electrons. The Labute approximate surface area is 192 Å². The summed E-state index contributed by atoms with van der Waals surface area (Å²) in [6.45, 7) is 0.469. The molecule has 2 heterocycles. The van der Waals surface area contributed by atoms with E-state index in [2.05, 4.69) is 15.3 Å². The van der Waals surface area contributed by atoms with Crippen molar-refractivity contribution in [2.45, 2.75) is 32.2 Å². The van der Waals surface area contributed by atoms with E-state index in [4.69, 9.17) is 5.11 Å². The monoisotopic (exact) mass is 439 g/mol. The summed E-state index contributed by atoms with van der Waals surface area (Å²) in [5, 5.41) is 13.0. The second kappa shape index (κ2) is 10.5. The van der Waals surface area contributed by atoms with Crippen LogP contribution in [0.4, 0.5) is 0 Å². The molecule has 0 aliphatic rings. The number of pyridine rings is 2. The van der Waals surface area contributed by atoms with Crippen LogP contribution in [-0.4, -0.2) is 27.0 Å². The number of hydrogen-bond acceptors (Lipinski definition) is 4. The van der Waals surface area contributed by atoms with E-state index in [0.717, 1.165) is 51.8 Å². The van der Waals surface area contributed by atoms with Crippen LogP contribution >= 0.6 is 0 Å². The number of aromatic nitrogens is 2. The first-order valence-corrected chi connectivity index (χ1v) is 10.9. The zero-order chi connectivity index (χ0) is 23.0. The summed E-state index contributed by atoms with van der Waals surface area (Å²) in [6, 6.07) is 23.3. The summed E-state index contributed by atoms with van der Waals surface area (Å²) in [4.78, 5) is 32.0. The van der Waals surface area contributed by atoms with Crippen LogP contribution in [0.1, 0.15) is 29.7 Å². The summed E-state index contributed by atoms with van der Waals surface area (Å²) in [6.07, 6.45) is 3.64. The van der Waals surface area contributed by atoms with Gasteiger partial charge in [0.1, 0.15) is 0 Å². The van der Waals surface area contributed by atoms with E-state index in [1.165, 1.54) is 0 Å². The molecular formula is C27H25N3O3. The quantitative estimate of drug-likeness (QED) is 0.399. The van der Waals surface area contributed by atoms with E-state index in [1.54, 1.807) is 6.20 Å². The smallest absolute Gasteiger partial charge is 0.307 e. The van der Waals surface area contributed by atoms with Crippen LogP contribution in [0.2, 0.25) is 0 Å². The molecule has 1 amide bonds. The molecule has 4 aromatic rings. The molecule has 2 N–H and O–H groups in total. The lowest BCUT2D eigenvalue weighted by Crippen LogP contribution is -2.22. The van der Waals surface area contributed by atoms with E-state index < -0.39 is 5.97 Å². The van der Waals surface area contributed by atoms with Crippen molar-refractivity contribution in [3.63, 3.8) is 0 Å². The van der Waals surface area contributed by atoms with E-state index in [0.29, 0.717) is 13.0 Å². The molecular weight excluding hydrogens is 414 g/mol. The minimum atomic E-state index is -0.844. The third-order valence-electron chi connectivity index (χ3n) is 5.42. The number of benzene rings is 2. The van der Waals surface area contributed by atoms with Gasteiger partial charge in [0.25, 0.3) is 0 Å². The van der Waals surface area contributed by atoms with Crippen molar-refractivity contribution < 1.29 is 14.7 Å². The first kappa shape index (κ1) is 22.1. The number of carboxylic acids is 1. The zero-order valence-corrected chi connectivity index (χ0v) is 18.2. The Kier molecular flexibility index (Phi) is 7.05. The average molecular weight is 440 g/mol. The fourth-order valence-electron chi connectivity index (χ4n) is 3.70. The van der Waals surface area contributed by atoms with Crippen LogP contribution in [0.5, 0.6) is 0 Å². The van der Waals surface area contributed by atoms with Crippen molar-refractivity contribution in [3.05, 3.63) is 95.8 Å². The Balaban J connectivity index is 1.25. The molecule has 33 heavy (non-hydrogen) atoms. The van der Waals surface area contributed by atoms with Crippen molar-refractivity contribution >= 4 is 22.9 Å². The van der Waals surface area contributed by atoms with Crippen molar-refractivity contribution in [1.29, 1.82) is 0 Å². The average Bonchev–Trinajstić information content (AvgIpc) is 2.83. The Morgan fingerprint density at radius 2 is 1.73 bits per heavy atom. The van der Waals surface area contributed by atoms with Crippen LogP contribution in [0.15, 0.2) is 79.0 Å². The van der Waals surface area contributed by atoms with Crippen LogP contribution in [0, 0.1) is 0 Å². The van der Waals surface area contributed by atoms with Gasteiger partial charge in [-0.1, -0.05) is 48.5 Å². The Morgan fingerprint density at radius 1 is 0.879 bits per heavy atom. The molecule has 0 aliphatic carbocycles. The Hall–Kier alpha value is -4.06. The maximum atomic E-state index is 12.2. The highest BCUT2D eigenvalue weighted by atomic mass is 16.4. The summed E-state index contributed by atoms with van der Waals surface area (Å²) in [7, 11) is 0. The van der Waals surface area contributed by atoms with Crippen molar-refractivity contribution in [1.82, 2.24) is 15.3 Å². The molecule has 0 spiro atoms. The number of carboxylic acid groups (broad SMARTS) is 1. The fourth-order valence-corrected chi connectivity index (χ4v) is 3.70. The number of hydrogen-bond donors (Lipinski definition) is 2. The van der Waals surface area contributed by atoms with Crippen LogP contribution in [-0.2, 0) is 29.0 Å². The lowest BCUT2D eigenvalue weighted by atomic mass is 10.0. The molecule has 0 bridgehead atoms. The van der Waals surface area contributed by atoms with Gasteiger partial charge in [0.05, 0.1) is 6.42 Å². The van der Waals surface area contributed by atoms with Gasteiger partial charge in [-0.15, -0.1) is 0 Å². The Morgan fingerprint density at radius 3 is 2.55 bits per heavy atom. The van der Waals surface area contributed by atoms with Crippen LogP contribution in [0.25, 0.3) is 22.2 Å². The summed E-state index contributed by atoms with van der Waals surface area (Å²) in [5.74, 6) is -0.830. The molecule has 0 fully saturated rings.